The molecule has 0 bridgehead atoms. The predicted molar refractivity (Wildman–Crippen MR) is 92.6 cm³/mol. The lowest BCUT2D eigenvalue weighted by Crippen LogP contribution is -2.45. The van der Waals surface area contributed by atoms with Crippen molar-refractivity contribution in [1.82, 2.24) is 14.8 Å². The maximum Gasteiger partial charge on any atom is 0.236 e. The van der Waals surface area contributed by atoms with Crippen LogP contribution in [0.4, 0.5) is 0 Å². The maximum absolute atomic E-state index is 12.6. The lowest BCUT2D eigenvalue weighted by molar-refractivity contribution is -0.136. The van der Waals surface area contributed by atoms with Gasteiger partial charge in [0.25, 0.3) is 0 Å². The fourth-order valence-electron chi connectivity index (χ4n) is 3.04. The van der Waals surface area contributed by atoms with Crippen LogP contribution >= 0.6 is 0 Å². The van der Waals surface area contributed by atoms with Crippen molar-refractivity contribution in [3.8, 4) is 0 Å². The van der Waals surface area contributed by atoms with Gasteiger partial charge in [0, 0.05) is 19.3 Å². The number of hydrogen-bond donors (Lipinski definition) is 0. The molecule has 24 heavy (non-hydrogen) atoms. The summed E-state index contributed by atoms with van der Waals surface area (Å²) >= 11 is 0. The summed E-state index contributed by atoms with van der Waals surface area (Å²) in [6.45, 7) is 2.95. The smallest absolute Gasteiger partial charge is 0.236 e. The summed E-state index contributed by atoms with van der Waals surface area (Å²) in [6.07, 6.45) is 1.79. The lowest BCUT2D eigenvalue weighted by Gasteiger charge is -2.32. The Morgan fingerprint density at radius 2 is 1.88 bits per heavy atom. The van der Waals surface area contributed by atoms with Gasteiger partial charge in [-0.05, 0) is 24.7 Å². The Hall–Kier alpha value is -2.24. The molecule has 1 aliphatic rings. The number of ether oxygens (including phenoxy) is 1. The molecular formula is C19H23N3O2. The molecule has 1 aromatic carbocycles. The first-order chi connectivity index (χ1) is 11.8. The van der Waals surface area contributed by atoms with Crippen LogP contribution in [0.2, 0.25) is 0 Å². The van der Waals surface area contributed by atoms with Gasteiger partial charge in [0.1, 0.15) is 0 Å². The van der Waals surface area contributed by atoms with Gasteiger partial charge < -0.3 is 9.64 Å². The second kappa shape index (κ2) is 8.04. The van der Waals surface area contributed by atoms with Gasteiger partial charge in [-0.1, -0.05) is 36.4 Å². The van der Waals surface area contributed by atoms with Gasteiger partial charge in [0.15, 0.2) is 0 Å². The van der Waals surface area contributed by atoms with Gasteiger partial charge in [0.05, 0.1) is 31.5 Å². The highest BCUT2D eigenvalue weighted by molar-refractivity contribution is 5.78. The Morgan fingerprint density at radius 3 is 2.54 bits per heavy atom. The number of carbonyl (C=O) groups is 1. The van der Waals surface area contributed by atoms with Crippen molar-refractivity contribution in [2.24, 2.45) is 0 Å². The van der Waals surface area contributed by atoms with Crippen molar-refractivity contribution in [3.63, 3.8) is 0 Å². The molecule has 5 heteroatoms. The second-order valence-electron chi connectivity index (χ2n) is 5.98. The molecule has 0 aliphatic carbocycles. The summed E-state index contributed by atoms with van der Waals surface area (Å²) in [7, 11) is 1.98. The van der Waals surface area contributed by atoms with Crippen molar-refractivity contribution in [3.05, 3.63) is 66.0 Å². The molecule has 0 spiro atoms. The van der Waals surface area contributed by atoms with E-state index >= 15 is 0 Å². The number of pyridine rings is 1. The molecule has 2 aromatic rings. The van der Waals surface area contributed by atoms with Crippen LogP contribution in [0.5, 0.6) is 0 Å². The van der Waals surface area contributed by atoms with Crippen molar-refractivity contribution in [2.75, 3.05) is 39.9 Å². The number of carbonyl (C=O) groups excluding carboxylic acids is 1. The highest BCUT2D eigenvalue weighted by Gasteiger charge is 2.25. The van der Waals surface area contributed by atoms with E-state index in [2.05, 4.69) is 22.0 Å². The molecule has 1 aliphatic heterocycles. The average Bonchev–Trinajstić information content (AvgIpc) is 2.64. The van der Waals surface area contributed by atoms with E-state index in [0.717, 1.165) is 11.3 Å². The quantitative estimate of drug-likeness (QED) is 0.843. The molecule has 1 saturated heterocycles. The SMILES string of the molecule is CN(CC(=O)N1CCOCC1)[C@@H](c1ccccc1)c1ccccn1. The third kappa shape index (κ3) is 3.99. The molecular weight excluding hydrogens is 302 g/mol. The zero-order chi connectivity index (χ0) is 16.8. The summed E-state index contributed by atoms with van der Waals surface area (Å²) in [4.78, 5) is 21.0. The van der Waals surface area contributed by atoms with Crippen molar-refractivity contribution in [1.29, 1.82) is 0 Å². The van der Waals surface area contributed by atoms with E-state index in [0.29, 0.717) is 32.8 Å². The molecule has 1 fully saturated rings. The molecule has 0 N–H and O–H groups in total. The van der Waals surface area contributed by atoms with Crippen molar-refractivity contribution < 1.29 is 9.53 Å². The second-order valence-corrected chi connectivity index (χ2v) is 5.98. The number of nitrogens with zero attached hydrogens (tertiary/aromatic N) is 3. The Kier molecular flexibility index (Phi) is 5.56. The fourth-order valence-corrected chi connectivity index (χ4v) is 3.04. The highest BCUT2D eigenvalue weighted by atomic mass is 16.5. The zero-order valence-electron chi connectivity index (χ0n) is 14.0. The van der Waals surface area contributed by atoms with Gasteiger partial charge in [-0.25, -0.2) is 0 Å². The van der Waals surface area contributed by atoms with E-state index < -0.39 is 0 Å². The first kappa shape index (κ1) is 16.6. The van der Waals surface area contributed by atoms with Gasteiger partial charge in [-0.3, -0.25) is 14.7 Å². The Labute approximate surface area is 142 Å². The normalized spacial score (nSPS) is 16.2. The van der Waals surface area contributed by atoms with Crippen LogP contribution in [0.15, 0.2) is 54.7 Å². The third-order valence-electron chi connectivity index (χ3n) is 4.27. The number of benzene rings is 1. The molecule has 1 amide bonds. The van der Waals surface area contributed by atoms with Gasteiger partial charge in [-0.2, -0.15) is 0 Å². The first-order valence-electron chi connectivity index (χ1n) is 8.27. The van der Waals surface area contributed by atoms with Crippen LogP contribution in [0.3, 0.4) is 0 Å². The van der Waals surface area contributed by atoms with E-state index in [1.807, 2.05) is 48.3 Å². The minimum Gasteiger partial charge on any atom is -0.378 e. The van der Waals surface area contributed by atoms with Crippen LogP contribution in [0, 0.1) is 0 Å². The number of aromatic nitrogens is 1. The largest absolute Gasteiger partial charge is 0.378 e. The van der Waals surface area contributed by atoms with E-state index in [-0.39, 0.29) is 11.9 Å². The maximum atomic E-state index is 12.6. The fraction of sp³-hybridized carbons (Fsp3) is 0.368. The Morgan fingerprint density at radius 1 is 1.17 bits per heavy atom. The van der Waals surface area contributed by atoms with Crippen LogP contribution in [-0.4, -0.2) is 60.6 Å². The summed E-state index contributed by atoms with van der Waals surface area (Å²) in [5, 5.41) is 0. The van der Waals surface area contributed by atoms with Gasteiger partial charge >= 0.3 is 0 Å². The van der Waals surface area contributed by atoms with Crippen LogP contribution in [0.1, 0.15) is 17.3 Å². The summed E-state index contributed by atoms with van der Waals surface area (Å²) < 4.78 is 5.32. The lowest BCUT2D eigenvalue weighted by atomic mass is 10.0. The summed E-state index contributed by atoms with van der Waals surface area (Å²) in [5.41, 5.74) is 2.08. The van der Waals surface area contributed by atoms with Crippen LogP contribution in [0.25, 0.3) is 0 Å². The minimum atomic E-state index is -0.0441. The van der Waals surface area contributed by atoms with Crippen molar-refractivity contribution in [2.45, 2.75) is 6.04 Å². The van der Waals surface area contributed by atoms with Crippen LogP contribution < -0.4 is 0 Å². The Balaban J connectivity index is 1.79. The summed E-state index contributed by atoms with van der Waals surface area (Å²) in [6, 6.07) is 16.0. The number of likely N-dealkylation sites (N-methyl/N-ethyl adjacent to an activating group) is 1. The molecule has 0 radical (unpaired) electrons. The third-order valence-corrected chi connectivity index (χ3v) is 4.27. The molecule has 3 rings (SSSR count). The molecule has 5 nitrogen and oxygen atoms in total. The van der Waals surface area contributed by atoms with E-state index in [9.17, 15) is 4.79 Å². The molecule has 1 aromatic heterocycles. The van der Waals surface area contributed by atoms with Crippen molar-refractivity contribution >= 4 is 5.91 Å². The predicted octanol–water partition coefficient (Wildman–Crippen LogP) is 1.96. The van der Waals surface area contributed by atoms with Gasteiger partial charge in [0.2, 0.25) is 5.91 Å². The molecule has 1 atom stereocenters. The first-order valence-corrected chi connectivity index (χ1v) is 8.27. The van der Waals surface area contributed by atoms with Crippen LogP contribution in [-0.2, 0) is 9.53 Å². The number of morpholine rings is 1. The average molecular weight is 325 g/mol. The number of rotatable bonds is 5. The monoisotopic (exact) mass is 325 g/mol. The zero-order valence-corrected chi connectivity index (χ0v) is 14.0. The van der Waals surface area contributed by atoms with Gasteiger partial charge in [-0.15, -0.1) is 0 Å². The molecule has 2 heterocycles. The number of hydrogen-bond acceptors (Lipinski definition) is 4. The highest BCUT2D eigenvalue weighted by Crippen LogP contribution is 2.25. The Bertz CT molecular complexity index is 603. The molecule has 126 valence electrons. The standard InChI is InChI=1S/C19H23N3O2/c1-21(15-18(23)22-11-13-24-14-12-22)19(16-7-3-2-4-8-16)17-9-5-6-10-20-17/h2-10,19H,11-15H2,1H3/t19-/m0/s1. The summed E-state index contributed by atoms with van der Waals surface area (Å²) in [5.74, 6) is 0.137. The van der Waals surface area contributed by atoms with E-state index in [4.69, 9.17) is 4.74 Å². The van der Waals surface area contributed by atoms with E-state index in [1.165, 1.54) is 0 Å². The minimum absolute atomic E-state index is 0.0441. The molecule has 0 saturated carbocycles. The number of amides is 1. The topological polar surface area (TPSA) is 45.7 Å². The molecule has 0 unspecified atom stereocenters. The van der Waals surface area contributed by atoms with E-state index in [1.54, 1.807) is 6.20 Å².